The number of ether oxygens (including phenoxy) is 2. The number of benzene rings is 1. The average molecular weight is 607 g/mol. The Bertz CT molecular complexity index is 1500. The Kier molecular flexibility index (Phi) is 9.01. The van der Waals surface area contributed by atoms with Crippen molar-refractivity contribution in [2.45, 2.75) is 63.8 Å². The number of nitrogens with zero attached hydrogens (tertiary/aromatic N) is 2. The lowest BCUT2D eigenvalue weighted by molar-refractivity contribution is -0.121. The Morgan fingerprint density at radius 3 is 2.32 bits per heavy atom. The summed E-state index contributed by atoms with van der Waals surface area (Å²) in [6.07, 6.45) is 4.38. The van der Waals surface area contributed by atoms with Gasteiger partial charge >= 0.3 is 5.97 Å². The molecule has 0 bridgehead atoms. The summed E-state index contributed by atoms with van der Waals surface area (Å²) >= 11 is 0.991. The van der Waals surface area contributed by atoms with Crippen LogP contribution in [0.15, 0.2) is 23.1 Å². The van der Waals surface area contributed by atoms with Gasteiger partial charge in [-0.15, -0.1) is 11.3 Å². The first-order valence-corrected chi connectivity index (χ1v) is 15.7. The number of rotatable bonds is 7. The summed E-state index contributed by atoms with van der Waals surface area (Å²) in [5.74, 6) is 3.34. The van der Waals surface area contributed by atoms with Gasteiger partial charge in [0.1, 0.15) is 15.6 Å². The monoisotopic (exact) mass is 606 g/mol. The SMILES string of the molecule is COc1cc(F)c(S(=O)(=O)N2CC(=O)N(c3cc(C#CC(C)(C)C)sc3C(=O)O)[C@H](C3CCCCC3)C2)cc1OC. The van der Waals surface area contributed by atoms with Crippen molar-refractivity contribution in [2.24, 2.45) is 11.3 Å². The van der Waals surface area contributed by atoms with Crippen molar-refractivity contribution in [3.8, 4) is 23.3 Å². The predicted octanol–water partition coefficient (Wildman–Crippen LogP) is 4.99. The zero-order chi connectivity index (χ0) is 30.1. The summed E-state index contributed by atoms with van der Waals surface area (Å²) in [6, 6.07) is 2.97. The van der Waals surface area contributed by atoms with E-state index in [2.05, 4.69) is 11.8 Å². The second-order valence-electron chi connectivity index (χ2n) is 11.3. The summed E-state index contributed by atoms with van der Waals surface area (Å²) in [7, 11) is -1.84. The number of thiophene rings is 1. The number of hydrogen-bond donors (Lipinski definition) is 1. The van der Waals surface area contributed by atoms with E-state index in [9.17, 15) is 23.1 Å². The molecular weight excluding hydrogens is 571 g/mol. The third-order valence-electron chi connectivity index (χ3n) is 7.28. The van der Waals surface area contributed by atoms with Crippen LogP contribution >= 0.6 is 11.3 Å². The van der Waals surface area contributed by atoms with Crippen molar-refractivity contribution in [3.63, 3.8) is 0 Å². The van der Waals surface area contributed by atoms with Gasteiger partial charge < -0.3 is 19.5 Å². The first-order chi connectivity index (χ1) is 19.3. The lowest BCUT2D eigenvalue weighted by Crippen LogP contribution is -2.60. The molecule has 1 amide bonds. The molecular formula is C29H35FN2O7S2. The van der Waals surface area contributed by atoms with Gasteiger partial charge in [0.25, 0.3) is 0 Å². The van der Waals surface area contributed by atoms with Crippen molar-refractivity contribution < 1.29 is 37.0 Å². The number of aromatic carboxylic acids is 1. The topological polar surface area (TPSA) is 113 Å². The minimum Gasteiger partial charge on any atom is -0.493 e. The van der Waals surface area contributed by atoms with Gasteiger partial charge in [-0.2, -0.15) is 4.31 Å². The van der Waals surface area contributed by atoms with Crippen LogP contribution in [0.1, 0.15) is 67.4 Å². The molecule has 0 spiro atoms. The second kappa shape index (κ2) is 12.0. The molecule has 1 N–H and O–H groups in total. The summed E-state index contributed by atoms with van der Waals surface area (Å²) in [5.41, 5.74) is -0.0939. The zero-order valence-electron chi connectivity index (χ0n) is 23.8. The standard InChI is InChI=1S/C29H35FN2O7S2/c1-29(2,3)12-11-19-13-21(27(40-19)28(34)35)32-22(18-9-7-6-8-10-18)16-31(17-26(32)33)41(36,37)25-15-24(39-5)23(38-4)14-20(25)30/h13-15,18,22H,6-10,16-17H2,1-5H3,(H,34,35)/t22-/m0/s1. The molecule has 1 aromatic carbocycles. The molecule has 4 rings (SSSR count). The minimum atomic E-state index is -4.47. The number of carbonyl (C=O) groups is 2. The Balaban J connectivity index is 1.78. The van der Waals surface area contributed by atoms with E-state index < -0.39 is 45.2 Å². The van der Waals surface area contributed by atoms with Gasteiger partial charge in [-0.05, 0) is 45.6 Å². The average Bonchev–Trinajstić information content (AvgIpc) is 3.35. The van der Waals surface area contributed by atoms with E-state index in [0.717, 1.165) is 59.9 Å². The van der Waals surface area contributed by atoms with Crippen LogP contribution in [0, 0.1) is 29.0 Å². The number of methoxy groups -OCH3 is 2. The molecule has 1 aliphatic carbocycles. The Morgan fingerprint density at radius 2 is 1.73 bits per heavy atom. The summed E-state index contributed by atoms with van der Waals surface area (Å²) in [4.78, 5) is 27.4. The summed E-state index contributed by atoms with van der Waals surface area (Å²) in [6.45, 7) is 5.14. The van der Waals surface area contributed by atoms with Gasteiger partial charge in [0.15, 0.2) is 11.5 Å². The number of sulfonamides is 1. The number of piperazine rings is 1. The van der Waals surface area contributed by atoms with E-state index >= 15 is 4.39 Å². The lowest BCUT2D eigenvalue weighted by Gasteiger charge is -2.44. The van der Waals surface area contributed by atoms with E-state index in [4.69, 9.17) is 9.47 Å². The fourth-order valence-electron chi connectivity index (χ4n) is 5.34. The molecule has 1 atom stereocenters. The van der Waals surface area contributed by atoms with Gasteiger partial charge in [-0.1, -0.05) is 31.1 Å². The summed E-state index contributed by atoms with van der Waals surface area (Å²) < 4.78 is 53.9. The third-order valence-corrected chi connectivity index (χ3v) is 10.1. The van der Waals surface area contributed by atoms with E-state index in [1.54, 1.807) is 6.07 Å². The first-order valence-electron chi connectivity index (χ1n) is 13.4. The molecule has 9 nitrogen and oxygen atoms in total. The molecule has 2 fully saturated rings. The van der Waals surface area contributed by atoms with Crippen LogP contribution in [-0.4, -0.2) is 63.1 Å². The normalized spacial score (nSPS) is 19.0. The quantitative estimate of drug-likeness (QED) is 0.442. The van der Waals surface area contributed by atoms with Crippen LogP contribution < -0.4 is 14.4 Å². The number of amides is 1. The van der Waals surface area contributed by atoms with E-state index in [1.165, 1.54) is 19.1 Å². The maximum atomic E-state index is 15.1. The molecule has 12 heteroatoms. The molecule has 1 aliphatic heterocycles. The number of carboxylic acids is 1. The fraction of sp³-hybridized carbons (Fsp3) is 0.517. The molecule has 1 aromatic heterocycles. The molecule has 2 aliphatic rings. The molecule has 1 saturated carbocycles. The second-order valence-corrected chi connectivity index (χ2v) is 14.3. The third kappa shape index (κ3) is 6.52. The highest BCUT2D eigenvalue weighted by Gasteiger charge is 2.45. The Labute approximate surface area is 244 Å². The molecule has 2 heterocycles. The van der Waals surface area contributed by atoms with Crippen LogP contribution in [0.2, 0.25) is 0 Å². The smallest absolute Gasteiger partial charge is 0.348 e. The number of carboxylic acid groups (broad SMARTS) is 1. The van der Waals surface area contributed by atoms with Gasteiger partial charge in [-0.25, -0.2) is 17.6 Å². The van der Waals surface area contributed by atoms with E-state index in [-0.39, 0.29) is 39.9 Å². The van der Waals surface area contributed by atoms with Crippen molar-refractivity contribution in [3.05, 3.63) is 33.8 Å². The number of carbonyl (C=O) groups excluding carboxylic acids is 1. The Hall–Kier alpha value is -3.14. The largest absolute Gasteiger partial charge is 0.493 e. The van der Waals surface area contributed by atoms with Crippen LogP contribution in [0.3, 0.4) is 0 Å². The maximum Gasteiger partial charge on any atom is 0.348 e. The van der Waals surface area contributed by atoms with Crippen molar-refractivity contribution in [1.29, 1.82) is 0 Å². The van der Waals surface area contributed by atoms with Crippen LogP contribution in [0.25, 0.3) is 0 Å². The van der Waals surface area contributed by atoms with Crippen LogP contribution in [-0.2, 0) is 14.8 Å². The first kappa shape index (κ1) is 30.8. The highest BCUT2D eigenvalue weighted by atomic mass is 32.2. The highest BCUT2D eigenvalue weighted by molar-refractivity contribution is 7.89. The minimum absolute atomic E-state index is 0.0281. The number of hydrogen-bond acceptors (Lipinski definition) is 7. The van der Waals surface area contributed by atoms with Crippen molar-refractivity contribution in [2.75, 3.05) is 32.2 Å². The van der Waals surface area contributed by atoms with Gasteiger partial charge in [-0.3, -0.25) is 4.79 Å². The molecule has 1 saturated heterocycles. The molecule has 222 valence electrons. The van der Waals surface area contributed by atoms with Gasteiger partial charge in [0.05, 0.1) is 37.4 Å². The van der Waals surface area contributed by atoms with Crippen LogP contribution in [0.4, 0.5) is 10.1 Å². The zero-order valence-corrected chi connectivity index (χ0v) is 25.5. The van der Waals surface area contributed by atoms with Crippen molar-refractivity contribution in [1.82, 2.24) is 4.31 Å². The van der Waals surface area contributed by atoms with E-state index in [1.807, 2.05) is 20.8 Å². The molecule has 2 aromatic rings. The van der Waals surface area contributed by atoms with E-state index in [0.29, 0.717) is 4.88 Å². The maximum absolute atomic E-state index is 15.1. The highest BCUT2D eigenvalue weighted by Crippen LogP contribution is 2.40. The van der Waals surface area contributed by atoms with Gasteiger partial charge in [0.2, 0.25) is 15.9 Å². The fourth-order valence-corrected chi connectivity index (χ4v) is 7.65. The van der Waals surface area contributed by atoms with Crippen LogP contribution in [0.5, 0.6) is 11.5 Å². The molecule has 0 radical (unpaired) electrons. The van der Waals surface area contributed by atoms with Crippen molar-refractivity contribution >= 4 is 38.9 Å². The molecule has 41 heavy (non-hydrogen) atoms. The lowest BCUT2D eigenvalue weighted by atomic mass is 9.82. The Morgan fingerprint density at radius 1 is 1.10 bits per heavy atom. The number of anilines is 1. The molecule has 0 unspecified atom stereocenters. The summed E-state index contributed by atoms with van der Waals surface area (Å²) in [5, 5.41) is 10.0. The van der Waals surface area contributed by atoms with Gasteiger partial charge in [0, 0.05) is 24.1 Å². The predicted molar refractivity (Wildman–Crippen MR) is 154 cm³/mol. The number of halogens is 1.